The van der Waals surface area contributed by atoms with E-state index in [1.807, 2.05) is 29.2 Å². The molecule has 0 aromatic heterocycles. The second kappa shape index (κ2) is 14.9. The lowest BCUT2D eigenvalue weighted by Crippen LogP contribution is -2.62. The molecule has 0 radical (unpaired) electrons. The monoisotopic (exact) mass is 734 g/mol. The molecule has 3 aromatic rings. The molecule has 2 N–H and O–H groups in total. The maximum atomic E-state index is 14.8. The Morgan fingerprint density at radius 3 is 1.87 bits per heavy atom. The molecule has 2 fully saturated rings. The quantitative estimate of drug-likeness (QED) is 0.285. The molecule has 0 bridgehead atoms. The van der Waals surface area contributed by atoms with Gasteiger partial charge in [0.2, 0.25) is 0 Å². The van der Waals surface area contributed by atoms with Crippen molar-refractivity contribution in [2.24, 2.45) is 0 Å². The third-order valence-electron chi connectivity index (χ3n) is 8.31. The zero-order valence-corrected chi connectivity index (χ0v) is 28.8. The van der Waals surface area contributed by atoms with Crippen LogP contribution in [0.1, 0.15) is 41.3 Å². The van der Waals surface area contributed by atoms with Crippen molar-refractivity contribution in [3.8, 4) is 5.75 Å². The summed E-state index contributed by atoms with van der Waals surface area (Å²) in [7, 11) is -3.16. The Hall–Kier alpha value is -2.58. The van der Waals surface area contributed by atoms with Crippen LogP contribution < -0.4 is 15.4 Å². The van der Waals surface area contributed by atoms with Crippen LogP contribution >= 0.6 is 35.6 Å². The zero-order valence-electron chi connectivity index (χ0n) is 25.7. The van der Waals surface area contributed by atoms with Gasteiger partial charge in [0, 0.05) is 54.6 Å². The Morgan fingerprint density at radius 1 is 0.915 bits per heavy atom. The summed E-state index contributed by atoms with van der Waals surface area (Å²) in [6.45, 7) is 3.52. The minimum atomic E-state index is -4.63. The highest BCUT2D eigenvalue weighted by atomic mass is 35.5. The molecule has 2 unspecified atom stereocenters. The molecule has 2 heterocycles. The average molecular weight is 736 g/mol. The van der Waals surface area contributed by atoms with Gasteiger partial charge in [-0.1, -0.05) is 53.5 Å². The number of alkyl halides is 3. The first-order valence-corrected chi connectivity index (χ1v) is 17.6. The van der Waals surface area contributed by atoms with E-state index in [2.05, 4.69) is 10.6 Å². The SMILES string of the molecule is CCOc1cc(C(F)(F)F)ccc1C1(C(=O)N2CCN(CCS(C)(=O)=O)CC2)NC(c2ccc(Cl)cc2)C(c2ccc(Cl)cc2)N1.Cl. The molecule has 0 aliphatic carbocycles. The van der Waals surface area contributed by atoms with Crippen molar-refractivity contribution in [2.75, 3.05) is 51.3 Å². The number of halogens is 6. The number of hydrogen-bond acceptors (Lipinski definition) is 7. The summed E-state index contributed by atoms with van der Waals surface area (Å²) in [5.41, 5.74) is -0.812. The summed E-state index contributed by atoms with van der Waals surface area (Å²) in [6.07, 6.45) is -3.44. The van der Waals surface area contributed by atoms with Gasteiger partial charge in [0.25, 0.3) is 5.91 Å². The molecule has 0 saturated carbocycles. The number of piperazine rings is 1. The molecule has 8 nitrogen and oxygen atoms in total. The van der Waals surface area contributed by atoms with Crippen molar-refractivity contribution < 1.29 is 31.1 Å². The summed E-state index contributed by atoms with van der Waals surface area (Å²) < 4.78 is 70.8. The smallest absolute Gasteiger partial charge is 0.416 e. The molecule has 15 heteroatoms. The van der Waals surface area contributed by atoms with Gasteiger partial charge in [0.1, 0.15) is 15.6 Å². The molecule has 1 amide bonds. The van der Waals surface area contributed by atoms with Gasteiger partial charge in [-0.25, -0.2) is 8.42 Å². The fraction of sp³-hybridized carbons (Fsp3) is 0.406. The summed E-state index contributed by atoms with van der Waals surface area (Å²) in [6, 6.07) is 16.4. The van der Waals surface area contributed by atoms with E-state index in [-0.39, 0.29) is 49.2 Å². The molecule has 3 aromatic carbocycles. The third kappa shape index (κ3) is 8.54. The Morgan fingerprint density at radius 2 is 1.43 bits per heavy atom. The van der Waals surface area contributed by atoms with Crippen LogP contribution in [0, 0.1) is 0 Å². The largest absolute Gasteiger partial charge is 0.493 e. The molecule has 5 rings (SSSR count). The van der Waals surface area contributed by atoms with Crippen LogP contribution in [-0.2, 0) is 26.5 Å². The average Bonchev–Trinajstić information content (AvgIpc) is 3.42. The molecule has 0 spiro atoms. The Bertz CT molecular complexity index is 1600. The topological polar surface area (TPSA) is 91.0 Å². The Kier molecular flexibility index (Phi) is 11.8. The number of hydrogen-bond donors (Lipinski definition) is 2. The number of nitrogens with one attached hydrogen (secondary N) is 2. The highest BCUT2D eigenvalue weighted by molar-refractivity contribution is 7.90. The van der Waals surface area contributed by atoms with Crippen molar-refractivity contribution in [2.45, 2.75) is 30.8 Å². The van der Waals surface area contributed by atoms with Gasteiger partial charge in [-0.05, 0) is 54.4 Å². The lowest BCUT2D eigenvalue weighted by atomic mass is 9.94. The minimum absolute atomic E-state index is 0. The molecule has 47 heavy (non-hydrogen) atoms. The van der Waals surface area contributed by atoms with E-state index in [1.54, 1.807) is 36.1 Å². The van der Waals surface area contributed by atoms with E-state index in [0.717, 1.165) is 23.3 Å². The molecule has 256 valence electrons. The van der Waals surface area contributed by atoms with Gasteiger partial charge < -0.3 is 9.64 Å². The van der Waals surface area contributed by atoms with Gasteiger partial charge in [-0.3, -0.25) is 20.3 Å². The number of ether oxygens (including phenoxy) is 1. The highest BCUT2D eigenvalue weighted by Gasteiger charge is 2.54. The van der Waals surface area contributed by atoms with Gasteiger partial charge in [-0.15, -0.1) is 12.4 Å². The summed E-state index contributed by atoms with van der Waals surface area (Å²) >= 11 is 12.4. The lowest BCUT2D eigenvalue weighted by Gasteiger charge is -2.40. The Labute approximate surface area is 288 Å². The van der Waals surface area contributed by atoms with Crippen molar-refractivity contribution >= 4 is 51.4 Å². The van der Waals surface area contributed by atoms with Crippen LogP contribution in [0.3, 0.4) is 0 Å². The van der Waals surface area contributed by atoms with Crippen molar-refractivity contribution in [3.63, 3.8) is 0 Å². The molecule has 2 saturated heterocycles. The molecular formula is C32H36Cl3F3N4O4S. The third-order valence-corrected chi connectivity index (χ3v) is 9.74. The fourth-order valence-electron chi connectivity index (χ4n) is 5.95. The fourth-order valence-corrected chi connectivity index (χ4v) is 6.79. The highest BCUT2D eigenvalue weighted by Crippen LogP contribution is 2.46. The van der Waals surface area contributed by atoms with Crippen molar-refractivity contribution in [1.29, 1.82) is 0 Å². The molecule has 2 atom stereocenters. The first-order valence-electron chi connectivity index (χ1n) is 14.8. The standard InChI is InChI=1S/C32H35Cl2F3N4O4S.ClH/c1-3-45-27-20-23(32(35,36)37)8-13-26(27)31(30(42)41-16-14-40(15-17-41)18-19-46(2,43)44)38-28(21-4-9-24(33)10-5-21)29(39-31)22-6-11-25(34)12-7-22;/h4-13,20,28-29,38-39H,3,14-19H2,1-2H3;1H. The maximum absolute atomic E-state index is 14.8. The van der Waals surface area contributed by atoms with Gasteiger partial charge in [0.05, 0.1) is 30.0 Å². The summed E-state index contributed by atoms with van der Waals surface area (Å²) in [5.74, 6) is -0.474. The minimum Gasteiger partial charge on any atom is -0.493 e. The van der Waals surface area contributed by atoms with E-state index in [4.69, 9.17) is 27.9 Å². The number of nitrogens with zero attached hydrogens (tertiary/aromatic N) is 2. The van der Waals surface area contributed by atoms with Crippen LogP contribution in [0.4, 0.5) is 13.2 Å². The predicted octanol–water partition coefficient (Wildman–Crippen LogP) is 5.85. The number of amides is 1. The molecule has 2 aliphatic heterocycles. The zero-order chi connectivity index (χ0) is 33.3. The summed E-state index contributed by atoms with van der Waals surface area (Å²) in [4.78, 5) is 18.4. The van der Waals surface area contributed by atoms with Crippen LogP contribution in [-0.4, -0.2) is 75.5 Å². The Balaban J connectivity index is 0.00000500. The van der Waals surface area contributed by atoms with Crippen LogP contribution in [0.5, 0.6) is 5.75 Å². The maximum Gasteiger partial charge on any atom is 0.416 e. The van der Waals surface area contributed by atoms with Crippen LogP contribution in [0.15, 0.2) is 66.7 Å². The van der Waals surface area contributed by atoms with E-state index in [1.165, 1.54) is 12.3 Å². The first-order chi connectivity index (χ1) is 21.7. The number of benzene rings is 3. The van der Waals surface area contributed by atoms with Gasteiger partial charge in [0.15, 0.2) is 5.66 Å². The summed E-state index contributed by atoms with van der Waals surface area (Å²) in [5, 5.41) is 8.04. The van der Waals surface area contributed by atoms with Gasteiger partial charge in [-0.2, -0.15) is 13.2 Å². The second-order valence-electron chi connectivity index (χ2n) is 11.5. The van der Waals surface area contributed by atoms with E-state index >= 15 is 0 Å². The number of rotatable bonds is 9. The lowest BCUT2D eigenvalue weighted by molar-refractivity contribution is -0.141. The van der Waals surface area contributed by atoms with Crippen molar-refractivity contribution in [3.05, 3.63) is 99.0 Å². The van der Waals surface area contributed by atoms with E-state index in [9.17, 15) is 26.4 Å². The number of sulfone groups is 1. The number of carbonyl (C=O) groups is 1. The predicted molar refractivity (Wildman–Crippen MR) is 179 cm³/mol. The number of carbonyl (C=O) groups excluding carboxylic acids is 1. The van der Waals surface area contributed by atoms with Crippen molar-refractivity contribution in [1.82, 2.24) is 20.4 Å². The first kappa shape index (κ1) is 37.2. The van der Waals surface area contributed by atoms with E-state index in [0.29, 0.717) is 29.7 Å². The van der Waals surface area contributed by atoms with Crippen LogP contribution in [0.25, 0.3) is 0 Å². The second-order valence-corrected chi connectivity index (χ2v) is 14.6. The normalized spacial score (nSPS) is 22.1. The van der Waals surface area contributed by atoms with Gasteiger partial charge >= 0.3 is 6.18 Å². The van der Waals surface area contributed by atoms with E-state index < -0.39 is 45.2 Å². The molecular weight excluding hydrogens is 700 g/mol. The van der Waals surface area contributed by atoms with Crippen LogP contribution in [0.2, 0.25) is 10.0 Å². The molecule has 2 aliphatic rings.